The maximum Gasteiger partial charge on any atom is 0.326 e. The molecule has 26 heavy (non-hydrogen) atoms. The summed E-state index contributed by atoms with van der Waals surface area (Å²) in [6, 6.07) is 9.51. The van der Waals surface area contributed by atoms with Crippen molar-refractivity contribution in [3.8, 4) is 0 Å². The van der Waals surface area contributed by atoms with E-state index in [1.807, 2.05) is 18.2 Å². The molecule has 0 fully saturated rings. The topological polar surface area (TPSA) is 101 Å². The molecule has 0 aliphatic carbocycles. The number of hydrogen-bond donors (Lipinski definition) is 2. The molecule has 1 atom stereocenters. The molecule has 0 unspecified atom stereocenters. The highest BCUT2D eigenvalue weighted by Gasteiger charge is 2.21. The van der Waals surface area contributed by atoms with Gasteiger partial charge in [-0.05, 0) is 16.9 Å². The normalized spacial score (nSPS) is 14.3. The third-order valence-corrected chi connectivity index (χ3v) is 5.12. The smallest absolute Gasteiger partial charge is 0.326 e. The molecule has 0 saturated heterocycles. The van der Waals surface area contributed by atoms with Gasteiger partial charge in [0.2, 0.25) is 5.91 Å². The van der Waals surface area contributed by atoms with Gasteiger partial charge in [-0.15, -0.1) is 0 Å². The summed E-state index contributed by atoms with van der Waals surface area (Å²) in [5.74, 6) is 0.0174. The van der Waals surface area contributed by atoms with Crippen LogP contribution in [0.25, 0.3) is 0 Å². The molecule has 0 spiro atoms. The van der Waals surface area contributed by atoms with Gasteiger partial charge in [-0.3, -0.25) is 9.59 Å². The van der Waals surface area contributed by atoms with E-state index in [4.69, 9.17) is 0 Å². The first-order valence-electron chi connectivity index (χ1n) is 8.26. The highest BCUT2D eigenvalue weighted by molar-refractivity contribution is 7.98. The van der Waals surface area contributed by atoms with Gasteiger partial charge >= 0.3 is 5.97 Å². The predicted octanol–water partition coefficient (Wildman–Crippen LogP) is 0.845. The zero-order chi connectivity index (χ0) is 18.5. The lowest BCUT2D eigenvalue weighted by Gasteiger charge is -2.17. The maximum absolute atomic E-state index is 12.3. The van der Waals surface area contributed by atoms with Crippen LogP contribution in [0.5, 0.6) is 0 Å². The third kappa shape index (κ3) is 4.51. The SMILES string of the molecule is O=C(Cn1nc2c(cc1=O)CSCC2)N[C@@H](Cc1ccccc1)C(=O)O. The molecule has 2 aromatic rings. The zero-order valence-electron chi connectivity index (χ0n) is 14.1. The molecule has 1 amide bonds. The second kappa shape index (κ2) is 8.18. The number of thioether (sulfide) groups is 1. The van der Waals surface area contributed by atoms with Crippen molar-refractivity contribution in [1.29, 1.82) is 0 Å². The predicted molar refractivity (Wildman–Crippen MR) is 98.1 cm³/mol. The highest BCUT2D eigenvalue weighted by Crippen LogP contribution is 2.21. The number of carboxylic acids is 1. The lowest BCUT2D eigenvalue weighted by atomic mass is 10.1. The van der Waals surface area contributed by atoms with Crippen LogP contribution >= 0.6 is 11.8 Å². The van der Waals surface area contributed by atoms with Crippen LogP contribution in [0.2, 0.25) is 0 Å². The monoisotopic (exact) mass is 373 g/mol. The van der Waals surface area contributed by atoms with Gasteiger partial charge in [-0.1, -0.05) is 30.3 Å². The molecule has 1 aliphatic heterocycles. The number of nitrogens with zero attached hydrogens (tertiary/aromatic N) is 2. The molecule has 7 nitrogen and oxygen atoms in total. The number of aromatic nitrogens is 2. The second-order valence-corrected chi connectivity index (χ2v) is 7.17. The Kier molecular flexibility index (Phi) is 5.72. The lowest BCUT2D eigenvalue weighted by molar-refractivity contribution is -0.141. The minimum Gasteiger partial charge on any atom is -0.480 e. The minimum atomic E-state index is -1.12. The van der Waals surface area contributed by atoms with Crippen molar-refractivity contribution >= 4 is 23.6 Å². The van der Waals surface area contributed by atoms with E-state index < -0.39 is 17.9 Å². The van der Waals surface area contributed by atoms with E-state index in [2.05, 4.69) is 10.4 Å². The van der Waals surface area contributed by atoms with Crippen LogP contribution in [-0.4, -0.2) is 38.6 Å². The first kappa shape index (κ1) is 18.2. The zero-order valence-corrected chi connectivity index (χ0v) is 14.9. The number of benzene rings is 1. The van der Waals surface area contributed by atoms with Gasteiger partial charge in [0.1, 0.15) is 12.6 Å². The van der Waals surface area contributed by atoms with E-state index in [0.717, 1.165) is 39.4 Å². The number of carbonyl (C=O) groups excluding carboxylic acids is 1. The molecule has 8 heteroatoms. The van der Waals surface area contributed by atoms with Crippen molar-refractivity contribution in [2.75, 3.05) is 5.75 Å². The summed E-state index contributed by atoms with van der Waals surface area (Å²) >= 11 is 1.75. The average molecular weight is 373 g/mol. The quantitative estimate of drug-likeness (QED) is 0.778. The largest absolute Gasteiger partial charge is 0.480 e. The van der Waals surface area contributed by atoms with Gasteiger partial charge in [-0.25, -0.2) is 9.48 Å². The molecule has 0 bridgehead atoms. The van der Waals surface area contributed by atoms with Crippen LogP contribution in [0, 0.1) is 0 Å². The number of hydrogen-bond acceptors (Lipinski definition) is 5. The Morgan fingerprint density at radius 1 is 1.31 bits per heavy atom. The maximum atomic E-state index is 12.3. The Morgan fingerprint density at radius 3 is 2.81 bits per heavy atom. The van der Waals surface area contributed by atoms with E-state index >= 15 is 0 Å². The van der Waals surface area contributed by atoms with Crippen LogP contribution in [-0.2, 0) is 34.7 Å². The van der Waals surface area contributed by atoms with E-state index in [0.29, 0.717) is 0 Å². The van der Waals surface area contributed by atoms with Crippen LogP contribution < -0.4 is 10.9 Å². The Labute approximate surface area is 154 Å². The number of carboxylic acid groups (broad SMARTS) is 1. The molecule has 2 heterocycles. The third-order valence-electron chi connectivity index (χ3n) is 4.11. The van der Waals surface area contributed by atoms with Crippen LogP contribution in [0.15, 0.2) is 41.2 Å². The molecule has 1 aromatic heterocycles. The van der Waals surface area contributed by atoms with Crippen molar-refractivity contribution in [1.82, 2.24) is 15.1 Å². The molecule has 2 N–H and O–H groups in total. The van der Waals surface area contributed by atoms with Gasteiger partial charge in [0, 0.05) is 24.7 Å². The number of aliphatic carboxylic acids is 1. The fourth-order valence-corrected chi connectivity index (χ4v) is 3.74. The molecule has 3 rings (SSSR count). The standard InChI is InChI=1S/C18H19N3O4S/c22-16(19-15(18(24)25)8-12-4-2-1-3-5-12)10-21-17(23)9-13-11-26-7-6-14(13)20-21/h1-5,9,15H,6-8,10-11H2,(H,19,22)(H,24,25)/t15-/m0/s1. The summed E-state index contributed by atoms with van der Waals surface area (Å²) in [6.07, 6.45) is 0.930. The summed E-state index contributed by atoms with van der Waals surface area (Å²) in [5, 5.41) is 16.1. The lowest BCUT2D eigenvalue weighted by Crippen LogP contribution is -2.45. The fraction of sp³-hybridized carbons (Fsp3) is 0.333. The summed E-state index contributed by atoms with van der Waals surface area (Å²) in [6.45, 7) is -0.294. The van der Waals surface area contributed by atoms with Crippen molar-refractivity contribution in [2.45, 2.75) is 31.2 Å². The van der Waals surface area contributed by atoms with Crippen LogP contribution in [0.1, 0.15) is 16.8 Å². The Balaban J connectivity index is 1.69. The van der Waals surface area contributed by atoms with E-state index in [-0.39, 0.29) is 18.5 Å². The number of carbonyl (C=O) groups is 2. The van der Waals surface area contributed by atoms with Crippen LogP contribution in [0.3, 0.4) is 0 Å². The summed E-state index contributed by atoms with van der Waals surface area (Å²) in [7, 11) is 0. The summed E-state index contributed by atoms with van der Waals surface area (Å²) in [5.41, 5.74) is 2.20. The Bertz CT molecular complexity index is 866. The summed E-state index contributed by atoms with van der Waals surface area (Å²) < 4.78 is 1.10. The van der Waals surface area contributed by atoms with Crippen molar-refractivity contribution in [2.24, 2.45) is 0 Å². The van der Waals surface area contributed by atoms with Crippen molar-refractivity contribution in [3.05, 3.63) is 63.6 Å². The highest BCUT2D eigenvalue weighted by atomic mass is 32.2. The first-order chi connectivity index (χ1) is 12.5. The number of rotatable bonds is 6. The fourth-order valence-electron chi connectivity index (χ4n) is 2.79. The number of nitrogens with one attached hydrogen (secondary N) is 1. The average Bonchev–Trinajstić information content (AvgIpc) is 2.62. The van der Waals surface area contributed by atoms with Crippen LogP contribution in [0.4, 0.5) is 0 Å². The van der Waals surface area contributed by atoms with Crippen molar-refractivity contribution in [3.63, 3.8) is 0 Å². The van der Waals surface area contributed by atoms with Gasteiger partial charge < -0.3 is 10.4 Å². The Morgan fingerprint density at radius 2 is 2.08 bits per heavy atom. The summed E-state index contributed by atoms with van der Waals surface area (Å²) in [4.78, 5) is 35.8. The van der Waals surface area contributed by atoms with E-state index in [9.17, 15) is 19.5 Å². The first-order valence-corrected chi connectivity index (χ1v) is 9.42. The molecular formula is C18H19N3O4S. The van der Waals surface area contributed by atoms with Gasteiger partial charge in [0.05, 0.1) is 5.69 Å². The van der Waals surface area contributed by atoms with E-state index in [1.54, 1.807) is 23.9 Å². The second-order valence-electron chi connectivity index (χ2n) is 6.06. The number of amides is 1. The molecule has 0 saturated carbocycles. The molecule has 1 aliphatic rings. The molecular weight excluding hydrogens is 354 g/mol. The molecule has 1 aromatic carbocycles. The van der Waals surface area contributed by atoms with Gasteiger partial charge in [0.25, 0.3) is 5.56 Å². The van der Waals surface area contributed by atoms with Crippen molar-refractivity contribution < 1.29 is 14.7 Å². The van der Waals surface area contributed by atoms with Gasteiger partial charge in [0.15, 0.2) is 0 Å². The van der Waals surface area contributed by atoms with E-state index in [1.165, 1.54) is 6.07 Å². The number of fused-ring (bicyclic) bond motifs is 1. The molecule has 136 valence electrons. The van der Waals surface area contributed by atoms with Gasteiger partial charge in [-0.2, -0.15) is 16.9 Å². The molecule has 0 radical (unpaired) electrons. The minimum absolute atomic E-state index is 0.172. The Hall–Kier alpha value is -2.61. The number of aryl methyl sites for hydroxylation is 1.